The Morgan fingerprint density at radius 2 is 1.84 bits per heavy atom. The molecule has 1 atom stereocenters. The highest BCUT2D eigenvalue weighted by molar-refractivity contribution is 5.41. The van der Waals surface area contributed by atoms with E-state index in [1.165, 1.54) is 0 Å². The van der Waals surface area contributed by atoms with Gasteiger partial charge in [0, 0.05) is 23.5 Å². The third-order valence-corrected chi connectivity index (χ3v) is 2.95. The van der Waals surface area contributed by atoms with Gasteiger partial charge in [0.2, 0.25) is 0 Å². The first-order valence-corrected chi connectivity index (χ1v) is 6.43. The maximum atomic E-state index is 10.5. The van der Waals surface area contributed by atoms with E-state index in [0.717, 1.165) is 16.7 Å². The van der Waals surface area contributed by atoms with Crippen molar-refractivity contribution < 1.29 is 9.84 Å². The van der Waals surface area contributed by atoms with Crippen molar-refractivity contribution in [1.29, 1.82) is 0 Å². The molecule has 0 radical (unpaired) electrons. The minimum atomic E-state index is -0.719. The number of benzene rings is 1. The van der Waals surface area contributed by atoms with Crippen molar-refractivity contribution in [2.45, 2.75) is 33.0 Å². The molecule has 0 fully saturated rings. The van der Waals surface area contributed by atoms with E-state index in [1.807, 2.05) is 51.1 Å². The summed E-state index contributed by atoms with van der Waals surface area (Å²) in [6.45, 7) is 5.91. The number of hydrogen-bond acceptors (Lipinski definition) is 3. The van der Waals surface area contributed by atoms with Crippen LogP contribution in [0.5, 0.6) is 5.75 Å². The Bertz CT molecular complexity index is 552. The van der Waals surface area contributed by atoms with Crippen molar-refractivity contribution in [1.82, 2.24) is 4.98 Å². The number of aliphatic hydroxyl groups is 1. The number of hydrogen-bond donors (Lipinski definition) is 1. The summed E-state index contributed by atoms with van der Waals surface area (Å²) in [7, 11) is 0. The molecule has 1 aromatic carbocycles. The Kier molecular flexibility index (Phi) is 4.17. The topological polar surface area (TPSA) is 42.4 Å². The molecular formula is C16H19NO2. The van der Waals surface area contributed by atoms with Crippen molar-refractivity contribution in [3.8, 4) is 5.75 Å². The van der Waals surface area contributed by atoms with Crippen LogP contribution >= 0.6 is 0 Å². The molecule has 100 valence electrons. The lowest BCUT2D eigenvalue weighted by atomic mass is 9.99. The molecule has 1 N–H and O–H groups in total. The van der Waals surface area contributed by atoms with Crippen molar-refractivity contribution in [3.05, 3.63) is 59.4 Å². The number of aryl methyl sites for hydroxylation is 1. The zero-order chi connectivity index (χ0) is 13.8. The molecule has 1 unspecified atom stereocenters. The Hall–Kier alpha value is -1.87. The molecule has 1 heterocycles. The number of aromatic nitrogens is 1. The molecule has 0 saturated carbocycles. The van der Waals surface area contributed by atoms with Crippen LogP contribution in [0.4, 0.5) is 0 Å². The molecule has 0 amide bonds. The maximum absolute atomic E-state index is 10.5. The number of pyridine rings is 1. The lowest BCUT2D eigenvalue weighted by molar-refractivity contribution is 0.197. The summed E-state index contributed by atoms with van der Waals surface area (Å²) in [5.74, 6) is 0.716. The minimum absolute atomic E-state index is 0.0725. The van der Waals surface area contributed by atoms with E-state index in [-0.39, 0.29) is 6.10 Å². The zero-order valence-corrected chi connectivity index (χ0v) is 11.5. The Morgan fingerprint density at radius 1 is 1.11 bits per heavy atom. The second-order valence-electron chi connectivity index (χ2n) is 4.84. The van der Waals surface area contributed by atoms with Crippen LogP contribution < -0.4 is 4.74 Å². The number of rotatable bonds is 4. The van der Waals surface area contributed by atoms with Crippen LogP contribution in [-0.2, 0) is 0 Å². The number of nitrogens with zero attached hydrogens (tertiary/aromatic N) is 1. The van der Waals surface area contributed by atoms with Gasteiger partial charge in [0.15, 0.2) is 0 Å². The first kappa shape index (κ1) is 13.6. The molecule has 0 bridgehead atoms. The number of aliphatic hydroxyl groups excluding tert-OH is 1. The Morgan fingerprint density at radius 3 is 2.53 bits per heavy atom. The van der Waals surface area contributed by atoms with Crippen LogP contribution in [0.1, 0.15) is 36.6 Å². The predicted octanol–water partition coefficient (Wildman–Crippen LogP) is 3.26. The van der Waals surface area contributed by atoms with Crippen LogP contribution in [0.2, 0.25) is 0 Å². The van der Waals surface area contributed by atoms with Gasteiger partial charge in [-0.1, -0.05) is 18.2 Å². The summed E-state index contributed by atoms with van der Waals surface area (Å²) >= 11 is 0. The summed E-state index contributed by atoms with van der Waals surface area (Å²) in [4.78, 5) is 4.08. The lowest BCUT2D eigenvalue weighted by Gasteiger charge is -2.19. The maximum Gasteiger partial charge on any atom is 0.125 e. The van der Waals surface area contributed by atoms with Gasteiger partial charge < -0.3 is 9.84 Å². The smallest absolute Gasteiger partial charge is 0.125 e. The highest BCUT2D eigenvalue weighted by Crippen LogP contribution is 2.31. The number of para-hydroxylation sites is 1. The molecule has 3 nitrogen and oxygen atoms in total. The lowest BCUT2D eigenvalue weighted by Crippen LogP contribution is -2.10. The third kappa shape index (κ3) is 3.12. The van der Waals surface area contributed by atoms with Gasteiger partial charge in [0.1, 0.15) is 11.9 Å². The van der Waals surface area contributed by atoms with Crippen molar-refractivity contribution in [3.63, 3.8) is 0 Å². The van der Waals surface area contributed by atoms with Crippen LogP contribution in [0.3, 0.4) is 0 Å². The average molecular weight is 257 g/mol. The van der Waals surface area contributed by atoms with Gasteiger partial charge in [0.05, 0.1) is 6.10 Å². The molecule has 1 aromatic heterocycles. The van der Waals surface area contributed by atoms with Gasteiger partial charge in [-0.2, -0.15) is 0 Å². The van der Waals surface area contributed by atoms with Crippen LogP contribution in [0, 0.1) is 6.92 Å². The second kappa shape index (κ2) is 5.85. The Labute approximate surface area is 113 Å². The first-order valence-electron chi connectivity index (χ1n) is 6.43. The van der Waals surface area contributed by atoms with E-state index >= 15 is 0 Å². The zero-order valence-electron chi connectivity index (χ0n) is 11.5. The first-order chi connectivity index (χ1) is 9.09. The normalized spacial score (nSPS) is 12.5. The SMILES string of the molecule is Cc1ccncc1C(O)c1ccccc1OC(C)C. The molecule has 2 aromatic rings. The van der Waals surface area contributed by atoms with E-state index in [9.17, 15) is 5.11 Å². The fraction of sp³-hybridized carbons (Fsp3) is 0.312. The van der Waals surface area contributed by atoms with E-state index in [0.29, 0.717) is 5.75 Å². The van der Waals surface area contributed by atoms with Crippen LogP contribution in [0.25, 0.3) is 0 Å². The van der Waals surface area contributed by atoms with Gasteiger partial charge in [-0.25, -0.2) is 0 Å². The van der Waals surface area contributed by atoms with Gasteiger partial charge in [-0.3, -0.25) is 4.98 Å². The van der Waals surface area contributed by atoms with E-state index in [2.05, 4.69) is 4.98 Å². The summed E-state index contributed by atoms with van der Waals surface area (Å²) in [6, 6.07) is 9.46. The second-order valence-corrected chi connectivity index (χ2v) is 4.84. The van der Waals surface area contributed by atoms with Crippen LogP contribution in [0.15, 0.2) is 42.7 Å². The molecule has 0 aliphatic heterocycles. The molecule has 0 spiro atoms. The summed E-state index contributed by atoms with van der Waals surface area (Å²) in [5, 5.41) is 10.5. The number of ether oxygens (including phenoxy) is 1. The van der Waals surface area contributed by atoms with Crippen molar-refractivity contribution in [2.24, 2.45) is 0 Å². The largest absolute Gasteiger partial charge is 0.491 e. The fourth-order valence-corrected chi connectivity index (χ4v) is 2.00. The summed E-state index contributed by atoms with van der Waals surface area (Å²) < 4.78 is 5.75. The molecular weight excluding hydrogens is 238 g/mol. The van der Waals surface area contributed by atoms with Gasteiger partial charge in [-0.15, -0.1) is 0 Å². The van der Waals surface area contributed by atoms with Crippen molar-refractivity contribution >= 4 is 0 Å². The molecule has 2 rings (SSSR count). The predicted molar refractivity (Wildman–Crippen MR) is 75.2 cm³/mol. The van der Waals surface area contributed by atoms with Gasteiger partial charge in [-0.05, 0) is 38.5 Å². The quantitative estimate of drug-likeness (QED) is 0.914. The standard InChI is InChI=1S/C16H19NO2/c1-11(2)19-15-7-5-4-6-13(15)16(18)14-10-17-9-8-12(14)3/h4-11,16,18H,1-3H3. The molecule has 0 saturated heterocycles. The highest BCUT2D eigenvalue weighted by atomic mass is 16.5. The average Bonchev–Trinajstić information content (AvgIpc) is 2.38. The molecule has 3 heteroatoms. The Balaban J connectivity index is 2.39. The molecule has 19 heavy (non-hydrogen) atoms. The fourth-order valence-electron chi connectivity index (χ4n) is 2.00. The summed E-state index contributed by atoms with van der Waals surface area (Å²) in [5.41, 5.74) is 2.59. The highest BCUT2D eigenvalue weighted by Gasteiger charge is 2.17. The van der Waals surface area contributed by atoms with Crippen molar-refractivity contribution in [2.75, 3.05) is 0 Å². The van der Waals surface area contributed by atoms with E-state index < -0.39 is 6.10 Å². The van der Waals surface area contributed by atoms with E-state index in [1.54, 1.807) is 12.4 Å². The van der Waals surface area contributed by atoms with Gasteiger partial charge in [0.25, 0.3) is 0 Å². The molecule has 0 aliphatic rings. The third-order valence-electron chi connectivity index (χ3n) is 2.95. The monoisotopic (exact) mass is 257 g/mol. The molecule has 0 aliphatic carbocycles. The van der Waals surface area contributed by atoms with Gasteiger partial charge >= 0.3 is 0 Å². The minimum Gasteiger partial charge on any atom is -0.491 e. The summed E-state index contributed by atoms with van der Waals surface area (Å²) in [6.07, 6.45) is 2.78. The van der Waals surface area contributed by atoms with Crippen LogP contribution in [-0.4, -0.2) is 16.2 Å². The van der Waals surface area contributed by atoms with E-state index in [4.69, 9.17) is 4.74 Å².